The highest BCUT2D eigenvalue weighted by Gasteiger charge is 2.42. The highest BCUT2D eigenvalue weighted by atomic mass is 19.4. The molecule has 0 saturated heterocycles. The van der Waals surface area contributed by atoms with Gasteiger partial charge in [0.05, 0.1) is 5.69 Å². The van der Waals surface area contributed by atoms with Crippen LogP contribution in [0.5, 0.6) is 0 Å². The lowest BCUT2D eigenvalue weighted by atomic mass is 10.2. The number of benzene rings is 1. The van der Waals surface area contributed by atoms with E-state index < -0.39 is 29.6 Å². The average molecular weight is 361 g/mol. The first-order valence-electron chi connectivity index (χ1n) is 6.61. The Morgan fingerprint density at radius 3 is 2.16 bits per heavy atom. The number of rotatable bonds is 2. The van der Waals surface area contributed by atoms with Gasteiger partial charge in [-0.1, -0.05) is 5.92 Å². The van der Waals surface area contributed by atoms with E-state index in [0.717, 1.165) is 12.1 Å². The molecule has 1 aromatic carbocycles. The van der Waals surface area contributed by atoms with Crippen LogP contribution in [0.2, 0.25) is 0 Å². The van der Waals surface area contributed by atoms with Crippen LogP contribution in [0, 0.1) is 11.8 Å². The van der Waals surface area contributed by atoms with Gasteiger partial charge in [-0.2, -0.15) is 31.4 Å². The van der Waals surface area contributed by atoms with Crippen molar-refractivity contribution in [1.29, 1.82) is 0 Å². The van der Waals surface area contributed by atoms with E-state index in [1.165, 1.54) is 19.1 Å². The summed E-state index contributed by atoms with van der Waals surface area (Å²) < 4.78 is 77.1. The minimum absolute atomic E-state index is 0.0630. The summed E-state index contributed by atoms with van der Waals surface area (Å²) in [4.78, 5) is 11.3. The lowest BCUT2D eigenvalue weighted by Crippen LogP contribution is -2.13. The maximum atomic E-state index is 13.0. The van der Waals surface area contributed by atoms with Gasteiger partial charge in [0.25, 0.3) is 5.91 Å². The van der Waals surface area contributed by atoms with Crippen LogP contribution in [0.1, 0.15) is 18.3 Å². The van der Waals surface area contributed by atoms with Crippen molar-refractivity contribution in [3.8, 4) is 17.5 Å². The van der Waals surface area contributed by atoms with E-state index >= 15 is 0 Å². The lowest BCUT2D eigenvalue weighted by molar-refractivity contribution is -0.143. The number of nitrogens with zero attached hydrogens (tertiary/aromatic N) is 2. The average Bonchev–Trinajstić information content (AvgIpc) is 2.93. The molecule has 4 nitrogen and oxygen atoms in total. The Hall–Kier alpha value is -2.96. The monoisotopic (exact) mass is 361 g/mol. The van der Waals surface area contributed by atoms with Crippen LogP contribution in [0.3, 0.4) is 0 Å². The molecular weight excluding hydrogens is 352 g/mol. The van der Waals surface area contributed by atoms with E-state index in [1.807, 2.05) is 0 Å². The fourth-order valence-corrected chi connectivity index (χ4v) is 1.88. The molecule has 0 spiro atoms. The van der Waals surface area contributed by atoms with Crippen molar-refractivity contribution < 1.29 is 31.1 Å². The number of halogens is 6. The number of nitrogens with one attached hydrogen (secondary N) is 1. The molecule has 0 aliphatic heterocycles. The minimum Gasteiger partial charge on any atom is -0.315 e. The Kier molecular flexibility index (Phi) is 4.78. The molecule has 0 radical (unpaired) electrons. The third-order valence-corrected chi connectivity index (χ3v) is 2.90. The third kappa shape index (κ3) is 4.32. The zero-order valence-corrected chi connectivity index (χ0v) is 12.5. The molecule has 0 atom stereocenters. The maximum Gasteiger partial charge on any atom is 0.435 e. The SMILES string of the molecule is CC#CC(=O)Nc1ccc(-n2nc(C(F)(F)F)cc2C(F)(F)F)cc1. The predicted molar refractivity (Wildman–Crippen MR) is 75.6 cm³/mol. The lowest BCUT2D eigenvalue weighted by Gasteiger charge is -2.10. The number of aromatic nitrogens is 2. The first kappa shape index (κ1) is 18.4. The Morgan fingerprint density at radius 1 is 1.08 bits per heavy atom. The van der Waals surface area contributed by atoms with Crippen molar-refractivity contribution in [2.45, 2.75) is 19.3 Å². The van der Waals surface area contributed by atoms with Gasteiger partial charge in [0.15, 0.2) is 5.69 Å². The number of hydrogen-bond donors (Lipinski definition) is 1. The fourth-order valence-electron chi connectivity index (χ4n) is 1.88. The molecule has 1 aromatic heterocycles. The third-order valence-electron chi connectivity index (χ3n) is 2.90. The summed E-state index contributed by atoms with van der Waals surface area (Å²) in [6.45, 7) is 1.44. The van der Waals surface area contributed by atoms with E-state index in [1.54, 1.807) is 0 Å². The van der Waals surface area contributed by atoms with Gasteiger partial charge in [0, 0.05) is 11.8 Å². The van der Waals surface area contributed by atoms with E-state index in [4.69, 9.17) is 0 Å². The van der Waals surface area contributed by atoms with Crippen LogP contribution >= 0.6 is 0 Å². The standard InChI is InChI=1S/C15H9F6N3O/c1-2-3-13(25)22-9-4-6-10(7-5-9)24-12(15(19,20)21)8-11(23-24)14(16,17)18/h4-8H,1H3,(H,22,25). The molecule has 1 N–H and O–H groups in total. The summed E-state index contributed by atoms with van der Waals surface area (Å²) in [7, 11) is 0. The topological polar surface area (TPSA) is 46.9 Å². The molecule has 10 heteroatoms. The summed E-state index contributed by atoms with van der Waals surface area (Å²) in [5.74, 6) is 3.92. The minimum atomic E-state index is -5.03. The van der Waals surface area contributed by atoms with Crippen LogP contribution < -0.4 is 5.32 Å². The Labute approximate surface area is 137 Å². The molecule has 2 rings (SSSR count). The molecule has 1 amide bonds. The van der Waals surface area contributed by atoms with Crippen LogP contribution in [-0.2, 0) is 17.1 Å². The van der Waals surface area contributed by atoms with Gasteiger partial charge >= 0.3 is 12.4 Å². The van der Waals surface area contributed by atoms with Crippen LogP contribution in [0.15, 0.2) is 30.3 Å². The zero-order chi connectivity index (χ0) is 18.8. The summed E-state index contributed by atoms with van der Waals surface area (Å²) in [5, 5.41) is 5.35. The highest BCUT2D eigenvalue weighted by molar-refractivity contribution is 6.03. The largest absolute Gasteiger partial charge is 0.435 e. The second-order valence-corrected chi connectivity index (χ2v) is 4.70. The highest BCUT2D eigenvalue weighted by Crippen LogP contribution is 2.36. The van der Waals surface area contributed by atoms with E-state index in [-0.39, 0.29) is 22.1 Å². The van der Waals surface area contributed by atoms with Crippen LogP contribution in [0.25, 0.3) is 5.69 Å². The fraction of sp³-hybridized carbons (Fsp3) is 0.200. The number of carbonyl (C=O) groups excluding carboxylic acids is 1. The molecule has 1 heterocycles. The van der Waals surface area contributed by atoms with Gasteiger partial charge in [-0.3, -0.25) is 4.79 Å². The van der Waals surface area contributed by atoms with Gasteiger partial charge in [0.1, 0.15) is 5.69 Å². The zero-order valence-electron chi connectivity index (χ0n) is 12.5. The summed E-state index contributed by atoms with van der Waals surface area (Å²) in [5.41, 5.74) is -3.25. The van der Waals surface area contributed by atoms with E-state index in [9.17, 15) is 31.1 Å². The molecule has 0 bridgehead atoms. The van der Waals surface area contributed by atoms with Crippen molar-refractivity contribution in [3.63, 3.8) is 0 Å². The molecule has 0 saturated carbocycles. The van der Waals surface area contributed by atoms with Crippen molar-refractivity contribution >= 4 is 11.6 Å². The molecule has 2 aromatic rings. The van der Waals surface area contributed by atoms with Gasteiger partial charge in [-0.25, -0.2) is 4.68 Å². The number of hydrogen-bond acceptors (Lipinski definition) is 2. The van der Waals surface area contributed by atoms with E-state index in [0.29, 0.717) is 0 Å². The summed E-state index contributed by atoms with van der Waals surface area (Å²) in [6.07, 6.45) is -10.0. The van der Waals surface area contributed by atoms with Gasteiger partial charge in [-0.05, 0) is 37.1 Å². The molecule has 0 aliphatic carbocycles. The Bertz CT molecular complexity index is 837. The van der Waals surface area contributed by atoms with Gasteiger partial charge in [0.2, 0.25) is 0 Å². The number of alkyl halides is 6. The number of anilines is 1. The number of amides is 1. The Balaban J connectivity index is 2.42. The normalized spacial score (nSPS) is 11.6. The second kappa shape index (κ2) is 6.51. The van der Waals surface area contributed by atoms with Gasteiger partial charge in [-0.15, -0.1) is 0 Å². The first-order chi connectivity index (χ1) is 11.5. The smallest absolute Gasteiger partial charge is 0.315 e. The maximum absolute atomic E-state index is 13.0. The molecule has 0 aliphatic rings. The van der Waals surface area contributed by atoms with E-state index in [2.05, 4.69) is 22.3 Å². The van der Waals surface area contributed by atoms with Crippen molar-refractivity contribution in [1.82, 2.24) is 9.78 Å². The van der Waals surface area contributed by atoms with Crippen molar-refractivity contribution in [2.24, 2.45) is 0 Å². The molecule has 25 heavy (non-hydrogen) atoms. The first-order valence-corrected chi connectivity index (χ1v) is 6.61. The summed E-state index contributed by atoms with van der Waals surface area (Å²) in [6, 6.07) is 4.57. The second-order valence-electron chi connectivity index (χ2n) is 4.70. The molecule has 132 valence electrons. The summed E-state index contributed by atoms with van der Waals surface area (Å²) >= 11 is 0. The van der Waals surface area contributed by atoms with Crippen LogP contribution in [0.4, 0.5) is 32.0 Å². The van der Waals surface area contributed by atoms with Gasteiger partial charge < -0.3 is 5.32 Å². The Morgan fingerprint density at radius 2 is 1.68 bits per heavy atom. The van der Waals surface area contributed by atoms with Crippen molar-refractivity contribution in [3.05, 3.63) is 41.7 Å². The molecular formula is C15H9F6N3O. The quantitative estimate of drug-likeness (QED) is 0.652. The molecule has 0 fully saturated rings. The van der Waals surface area contributed by atoms with Crippen LogP contribution in [-0.4, -0.2) is 15.7 Å². The molecule has 0 unspecified atom stereocenters. The number of carbonyl (C=O) groups is 1. The predicted octanol–water partition coefficient (Wildman–Crippen LogP) is 3.87. The van der Waals surface area contributed by atoms with Crippen molar-refractivity contribution in [2.75, 3.05) is 5.32 Å².